The van der Waals surface area contributed by atoms with Crippen LogP contribution in [0.25, 0.3) is 43.8 Å². The summed E-state index contributed by atoms with van der Waals surface area (Å²) in [5.41, 5.74) is 18.2. The molecule has 0 bridgehead atoms. The molecule has 0 aromatic heterocycles. The molecule has 2 aliphatic carbocycles. The Kier molecular flexibility index (Phi) is 7.32. The Labute approximate surface area is 335 Å². The Morgan fingerprint density at radius 2 is 0.947 bits per heavy atom. The van der Waals surface area contributed by atoms with E-state index in [0.29, 0.717) is 0 Å². The molecule has 11 rings (SSSR count). The summed E-state index contributed by atoms with van der Waals surface area (Å²) >= 11 is 0. The SMILES string of the molecule is Cc1ccc(C2(c3ccc(C)cc3)c3ccccc3-c3ccc(N(c4cccc(-c5ccccc5)c4)c4cc5c6c(ccc7cccc(c76)C5(C)C)c4)cc32)cc1. The fourth-order valence-corrected chi connectivity index (χ4v) is 10.2. The second-order valence-electron chi connectivity index (χ2n) is 16.7. The van der Waals surface area contributed by atoms with Crippen molar-refractivity contribution in [3.63, 3.8) is 0 Å². The maximum absolute atomic E-state index is 2.50. The number of nitrogens with zero attached hydrogens (tertiary/aromatic N) is 1. The average Bonchev–Trinajstić information content (AvgIpc) is 3.67. The quantitative estimate of drug-likeness (QED) is 0.154. The summed E-state index contributed by atoms with van der Waals surface area (Å²) in [5, 5.41) is 5.38. The number of benzene rings is 9. The summed E-state index contributed by atoms with van der Waals surface area (Å²) in [6.07, 6.45) is 0. The molecule has 9 aromatic carbocycles. The van der Waals surface area contributed by atoms with Crippen molar-refractivity contribution in [1.82, 2.24) is 0 Å². The molecule has 57 heavy (non-hydrogen) atoms. The van der Waals surface area contributed by atoms with E-state index < -0.39 is 5.41 Å². The number of rotatable bonds is 6. The first-order valence-corrected chi connectivity index (χ1v) is 20.2. The van der Waals surface area contributed by atoms with Gasteiger partial charge in [-0.05, 0) is 127 Å². The van der Waals surface area contributed by atoms with Gasteiger partial charge in [-0.1, -0.05) is 177 Å². The smallest absolute Gasteiger partial charge is 0.0714 e. The summed E-state index contributed by atoms with van der Waals surface area (Å²) in [7, 11) is 0. The van der Waals surface area contributed by atoms with Crippen LogP contribution in [0.3, 0.4) is 0 Å². The van der Waals surface area contributed by atoms with Crippen molar-refractivity contribution >= 4 is 38.6 Å². The van der Waals surface area contributed by atoms with Crippen molar-refractivity contribution in [2.45, 2.75) is 38.5 Å². The van der Waals surface area contributed by atoms with Crippen LogP contribution < -0.4 is 4.90 Å². The second kappa shape index (κ2) is 12.4. The molecule has 0 unspecified atom stereocenters. The van der Waals surface area contributed by atoms with Crippen molar-refractivity contribution in [3.8, 4) is 22.3 Å². The lowest BCUT2D eigenvalue weighted by Gasteiger charge is -2.35. The van der Waals surface area contributed by atoms with Crippen LogP contribution in [0.15, 0.2) is 188 Å². The van der Waals surface area contributed by atoms with Gasteiger partial charge in [0.25, 0.3) is 0 Å². The van der Waals surface area contributed by atoms with Gasteiger partial charge >= 0.3 is 0 Å². The van der Waals surface area contributed by atoms with Crippen LogP contribution >= 0.6 is 0 Å². The zero-order chi connectivity index (χ0) is 38.5. The molecule has 0 saturated carbocycles. The standard InChI is InChI=1S/C56H43N/c1-36-20-26-42(27-21-36)56(43-28-22-37(2)23-29-43)49-18-9-8-17-47(49)48-31-30-45(34-51(48)56)57(44-16-10-15-40(32-44)38-12-6-5-7-13-38)46-33-41-25-24-39-14-11-19-50-53(39)54(41)52(35-46)55(50,3)4/h5-35H,1-4H3. The van der Waals surface area contributed by atoms with E-state index in [4.69, 9.17) is 0 Å². The van der Waals surface area contributed by atoms with Gasteiger partial charge in [-0.25, -0.2) is 0 Å². The third-order valence-electron chi connectivity index (χ3n) is 13.0. The van der Waals surface area contributed by atoms with Crippen molar-refractivity contribution < 1.29 is 0 Å². The van der Waals surface area contributed by atoms with E-state index in [0.717, 1.165) is 17.1 Å². The molecule has 2 aliphatic rings. The molecule has 1 heteroatoms. The van der Waals surface area contributed by atoms with E-state index in [1.165, 1.54) is 88.3 Å². The van der Waals surface area contributed by atoms with Crippen LogP contribution in [0.4, 0.5) is 17.1 Å². The van der Waals surface area contributed by atoms with Gasteiger partial charge in [0.15, 0.2) is 0 Å². The molecule has 272 valence electrons. The maximum Gasteiger partial charge on any atom is 0.0714 e. The fourth-order valence-electron chi connectivity index (χ4n) is 10.2. The second-order valence-corrected chi connectivity index (χ2v) is 16.7. The highest BCUT2D eigenvalue weighted by molar-refractivity contribution is 6.16. The van der Waals surface area contributed by atoms with Crippen LogP contribution in [0, 0.1) is 13.8 Å². The lowest BCUT2D eigenvalue weighted by molar-refractivity contribution is 0.663. The Bertz CT molecular complexity index is 3000. The number of aryl methyl sites for hydroxylation is 2. The van der Waals surface area contributed by atoms with E-state index in [2.05, 4.69) is 221 Å². The van der Waals surface area contributed by atoms with Gasteiger partial charge in [-0.15, -0.1) is 0 Å². The van der Waals surface area contributed by atoms with Crippen molar-refractivity contribution in [2.75, 3.05) is 4.90 Å². The summed E-state index contributed by atoms with van der Waals surface area (Å²) in [5.74, 6) is 0. The molecule has 1 nitrogen and oxygen atoms in total. The molecule has 9 aromatic rings. The summed E-state index contributed by atoms with van der Waals surface area (Å²) < 4.78 is 0. The lowest BCUT2D eigenvalue weighted by atomic mass is 9.67. The molecule has 0 radical (unpaired) electrons. The molecule has 0 spiro atoms. The Morgan fingerprint density at radius 1 is 0.368 bits per heavy atom. The van der Waals surface area contributed by atoms with Crippen LogP contribution in [-0.4, -0.2) is 0 Å². The summed E-state index contributed by atoms with van der Waals surface area (Å²) in [6, 6.07) is 70.9. The van der Waals surface area contributed by atoms with Gasteiger partial charge < -0.3 is 4.90 Å². The molecule has 0 N–H and O–H groups in total. The normalized spacial score (nSPS) is 14.2. The van der Waals surface area contributed by atoms with Gasteiger partial charge in [0.2, 0.25) is 0 Å². The third kappa shape index (κ3) is 4.88. The summed E-state index contributed by atoms with van der Waals surface area (Å²) in [6.45, 7) is 9.14. The fraction of sp³-hybridized carbons (Fsp3) is 0.107. The molecule has 0 fully saturated rings. The molecular formula is C56H43N. The highest BCUT2D eigenvalue weighted by Crippen LogP contribution is 2.58. The highest BCUT2D eigenvalue weighted by Gasteiger charge is 2.46. The van der Waals surface area contributed by atoms with Crippen molar-refractivity contribution in [3.05, 3.63) is 233 Å². The highest BCUT2D eigenvalue weighted by atomic mass is 15.1. The topological polar surface area (TPSA) is 3.24 Å². The number of hydrogen-bond acceptors (Lipinski definition) is 1. The zero-order valence-corrected chi connectivity index (χ0v) is 32.8. The minimum absolute atomic E-state index is 0.138. The van der Waals surface area contributed by atoms with Crippen LogP contribution in [-0.2, 0) is 10.8 Å². The van der Waals surface area contributed by atoms with Crippen LogP contribution in [0.2, 0.25) is 0 Å². The molecule has 0 atom stereocenters. The number of fused-ring (bicyclic) bond motifs is 3. The van der Waals surface area contributed by atoms with E-state index in [1.807, 2.05) is 0 Å². The number of hydrogen-bond donors (Lipinski definition) is 0. The molecular weight excluding hydrogens is 687 g/mol. The molecule has 0 amide bonds. The zero-order valence-electron chi connectivity index (χ0n) is 32.8. The van der Waals surface area contributed by atoms with E-state index >= 15 is 0 Å². The minimum Gasteiger partial charge on any atom is -0.310 e. The van der Waals surface area contributed by atoms with Gasteiger partial charge in [0, 0.05) is 22.5 Å². The predicted molar refractivity (Wildman–Crippen MR) is 240 cm³/mol. The van der Waals surface area contributed by atoms with E-state index in [9.17, 15) is 0 Å². The van der Waals surface area contributed by atoms with E-state index in [-0.39, 0.29) is 5.41 Å². The van der Waals surface area contributed by atoms with Crippen molar-refractivity contribution in [1.29, 1.82) is 0 Å². The first-order chi connectivity index (χ1) is 27.8. The Morgan fingerprint density at radius 3 is 1.70 bits per heavy atom. The van der Waals surface area contributed by atoms with Gasteiger partial charge in [0.05, 0.1) is 5.41 Å². The predicted octanol–water partition coefficient (Wildman–Crippen LogP) is 14.7. The lowest BCUT2D eigenvalue weighted by Crippen LogP contribution is -2.29. The van der Waals surface area contributed by atoms with Gasteiger partial charge in [0.1, 0.15) is 0 Å². The van der Waals surface area contributed by atoms with Gasteiger partial charge in [-0.2, -0.15) is 0 Å². The first kappa shape index (κ1) is 33.6. The minimum atomic E-state index is -0.506. The average molecular weight is 730 g/mol. The van der Waals surface area contributed by atoms with Crippen LogP contribution in [0.1, 0.15) is 58.4 Å². The maximum atomic E-state index is 2.50. The van der Waals surface area contributed by atoms with Crippen molar-refractivity contribution in [2.24, 2.45) is 0 Å². The molecule has 0 saturated heterocycles. The largest absolute Gasteiger partial charge is 0.310 e. The Hall–Kier alpha value is -6.70. The molecule has 0 aliphatic heterocycles. The third-order valence-corrected chi connectivity index (χ3v) is 13.0. The van der Waals surface area contributed by atoms with Crippen LogP contribution in [0.5, 0.6) is 0 Å². The Balaban J connectivity index is 1.20. The van der Waals surface area contributed by atoms with E-state index in [1.54, 1.807) is 0 Å². The monoisotopic (exact) mass is 729 g/mol. The molecule has 0 heterocycles. The first-order valence-electron chi connectivity index (χ1n) is 20.2. The van der Waals surface area contributed by atoms with Gasteiger partial charge in [-0.3, -0.25) is 0 Å². The number of anilines is 3. The summed E-state index contributed by atoms with van der Waals surface area (Å²) in [4.78, 5) is 2.50.